The number of alkyl halides is 2. The summed E-state index contributed by atoms with van der Waals surface area (Å²) < 4.78 is 15.1. The Morgan fingerprint density at radius 2 is 1.80 bits per heavy atom. The van der Waals surface area contributed by atoms with Crippen molar-refractivity contribution in [2.24, 2.45) is 0 Å². The highest BCUT2D eigenvalue weighted by molar-refractivity contribution is 6.22. The van der Waals surface area contributed by atoms with Gasteiger partial charge in [-0.25, -0.2) is 4.39 Å². The fourth-order valence-corrected chi connectivity index (χ4v) is 3.68. The Labute approximate surface area is 155 Å². The molecule has 1 aliphatic heterocycles. The van der Waals surface area contributed by atoms with Crippen molar-refractivity contribution in [2.75, 3.05) is 31.1 Å². The van der Waals surface area contributed by atoms with Crippen LogP contribution in [0.15, 0.2) is 42.5 Å². The molecule has 2 nitrogen and oxygen atoms in total. The van der Waals surface area contributed by atoms with E-state index in [0.29, 0.717) is 12.0 Å². The predicted octanol–water partition coefficient (Wildman–Crippen LogP) is 4.71. The fourth-order valence-electron chi connectivity index (χ4n) is 3.47. The van der Waals surface area contributed by atoms with Crippen LogP contribution in [0.1, 0.15) is 28.7 Å². The summed E-state index contributed by atoms with van der Waals surface area (Å²) in [7, 11) is 0. The zero-order valence-electron chi connectivity index (χ0n) is 15.0. The maximum atomic E-state index is 15.1. The molecule has 2 aromatic rings. The average Bonchev–Trinajstić information content (AvgIpc) is 2.62. The number of benzene rings is 2. The molecule has 0 bridgehead atoms. The molecule has 0 saturated carbocycles. The van der Waals surface area contributed by atoms with Crippen molar-refractivity contribution in [1.82, 2.24) is 5.32 Å². The Hall–Kier alpha value is -1.58. The van der Waals surface area contributed by atoms with E-state index in [1.807, 2.05) is 43.3 Å². The van der Waals surface area contributed by atoms with Crippen molar-refractivity contribution in [1.29, 1.82) is 0 Å². The molecule has 4 heteroatoms. The molecule has 3 rings (SSSR count). The van der Waals surface area contributed by atoms with E-state index in [-0.39, 0.29) is 6.42 Å². The molecule has 1 aliphatic rings. The van der Waals surface area contributed by atoms with E-state index < -0.39 is 5.13 Å². The van der Waals surface area contributed by atoms with Crippen molar-refractivity contribution in [3.8, 4) is 0 Å². The molecule has 0 spiro atoms. The van der Waals surface area contributed by atoms with Crippen LogP contribution >= 0.6 is 11.6 Å². The third-order valence-corrected chi connectivity index (χ3v) is 5.45. The predicted molar refractivity (Wildman–Crippen MR) is 104 cm³/mol. The average molecular weight is 361 g/mol. The van der Waals surface area contributed by atoms with Gasteiger partial charge < -0.3 is 10.2 Å². The third-order valence-electron chi connectivity index (χ3n) is 5.05. The van der Waals surface area contributed by atoms with Gasteiger partial charge in [-0.3, -0.25) is 0 Å². The minimum atomic E-state index is -1.84. The van der Waals surface area contributed by atoms with E-state index in [1.165, 1.54) is 11.3 Å². The van der Waals surface area contributed by atoms with Crippen molar-refractivity contribution in [3.63, 3.8) is 0 Å². The molecule has 0 amide bonds. The molecule has 1 saturated heterocycles. The molecule has 1 unspecified atom stereocenters. The van der Waals surface area contributed by atoms with Crippen molar-refractivity contribution in [2.45, 2.75) is 31.8 Å². The minimum Gasteiger partial charge on any atom is -0.369 e. The van der Waals surface area contributed by atoms with Gasteiger partial charge in [0.25, 0.3) is 0 Å². The van der Waals surface area contributed by atoms with Gasteiger partial charge in [-0.1, -0.05) is 41.9 Å². The van der Waals surface area contributed by atoms with Gasteiger partial charge in [0.2, 0.25) is 5.13 Å². The van der Waals surface area contributed by atoms with E-state index in [0.717, 1.165) is 37.3 Å². The van der Waals surface area contributed by atoms with Crippen LogP contribution in [-0.4, -0.2) is 26.2 Å². The molecule has 1 heterocycles. The summed E-state index contributed by atoms with van der Waals surface area (Å²) in [5.74, 6) is 0. The van der Waals surface area contributed by atoms with Gasteiger partial charge in [0.1, 0.15) is 0 Å². The number of hydrogen-bond donors (Lipinski definition) is 1. The highest BCUT2D eigenvalue weighted by Crippen LogP contribution is 2.38. The maximum Gasteiger partial charge on any atom is 0.209 e. The second-order valence-electron chi connectivity index (χ2n) is 6.87. The molecule has 0 radical (unpaired) electrons. The van der Waals surface area contributed by atoms with Crippen molar-refractivity contribution in [3.05, 3.63) is 64.7 Å². The second kappa shape index (κ2) is 7.76. The normalized spacial score (nSPS) is 17.4. The first-order chi connectivity index (χ1) is 12.0. The molecule has 1 fully saturated rings. The minimum absolute atomic E-state index is 0.270. The highest BCUT2D eigenvalue weighted by atomic mass is 35.5. The summed E-state index contributed by atoms with van der Waals surface area (Å²) in [5.41, 5.74) is 5.15. The molecular weight excluding hydrogens is 335 g/mol. The number of hydrogen-bond acceptors (Lipinski definition) is 2. The van der Waals surface area contributed by atoms with Crippen LogP contribution in [0.3, 0.4) is 0 Å². The van der Waals surface area contributed by atoms with Gasteiger partial charge in [-0.15, -0.1) is 0 Å². The molecule has 1 atom stereocenters. The SMILES string of the molecule is Cc1ccccc1CCC(F)(Cl)c1ccc(N2CCNCC2)c(C)c1. The van der Waals surface area contributed by atoms with Crippen LogP contribution in [0.2, 0.25) is 0 Å². The zero-order valence-corrected chi connectivity index (χ0v) is 15.7. The summed E-state index contributed by atoms with van der Waals surface area (Å²) in [6.45, 7) is 8.02. The van der Waals surface area contributed by atoms with Crippen LogP contribution in [-0.2, 0) is 11.5 Å². The first kappa shape index (κ1) is 18.2. The Kier molecular flexibility index (Phi) is 5.65. The topological polar surface area (TPSA) is 15.3 Å². The summed E-state index contributed by atoms with van der Waals surface area (Å²) in [4.78, 5) is 2.34. The molecule has 134 valence electrons. The number of rotatable bonds is 5. The van der Waals surface area contributed by atoms with E-state index in [9.17, 15) is 0 Å². The molecule has 1 N–H and O–H groups in total. The maximum absolute atomic E-state index is 15.1. The van der Waals surface area contributed by atoms with Gasteiger partial charge in [0.05, 0.1) is 0 Å². The first-order valence-corrected chi connectivity index (χ1v) is 9.34. The lowest BCUT2D eigenvalue weighted by molar-refractivity contribution is 0.265. The smallest absolute Gasteiger partial charge is 0.209 e. The Morgan fingerprint density at radius 3 is 2.48 bits per heavy atom. The van der Waals surface area contributed by atoms with Crippen molar-refractivity contribution >= 4 is 17.3 Å². The Morgan fingerprint density at radius 1 is 1.08 bits per heavy atom. The standard InChI is InChI=1S/C21H26ClFN2/c1-16-5-3-4-6-18(16)9-10-21(22,23)19-7-8-20(17(2)15-19)25-13-11-24-12-14-25/h3-8,15,24H,9-14H2,1-2H3. The molecule has 0 aliphatic carbocycles. The fraction of sp³-hybridized carbons (Fsp3) is 0.429. The quantitative estimate of drug-likeness (QED) is 0.777. The molecule has 0 aromatic heterocycles. The van der Waals surface area contributed by atoms with Crippen LogP contribution in [0.5, 0.6) is 0 Å². The van der Waals surface area contributed by atoms with E-state index in [2.05, 4.69) is 23.2 Å². The lowest BCUT2D eigenvalue weighted by atomic mass is 9.97. The van der Waals surface area contributed by atoms with Gasteiger partial charge in [-0.2, -0.15) is 0 Å². The van der Waals surface area contributed by atoms with Crippen molar-refractivity contribution < 1.29 is 4.39 Å². The molecular formula is C21H26ClFN2. The lowest BCUT2D eigenvalue weighted by Crippen LogP contribution is -2.43. The largest absolute Gasteiger partial charge is 0.369 e. The number of piperazine rings is 1. The van der Waals surface area contributed by atoms with E-state index in [4.69, 9.17) is 11.6 Å². The van der Waals surface area contributed by atoms with Gasteiger partial charge in [0.15, 0.2) is 0 Å². The Bertz CT molecular complexity index is 724. The summed E-state index contributed by atoms with van der Waals surface area (Å²) in [5, 5.41) is 1.52. The summed E-state index contributed by atoms with van der Waals surface area (Å²) >= 11 is 6.28. The molecule has 25 heavy (non-hydrogen) atoms. The van der Waals surface area contributed by atoms with Gasteiger partial charge in [-0.05, 0) is 49.1 Å². The van der Waals surface area contributed by atoms with Crippen LogP contribution < -0.4 is 10.2 Å². The van der Waals surface area contributed by atoms with Crippen LogP contribution in [0.4, 0.5) is 10.1 Å². The monoisotopic (exact) mass is 360 g/mol. The summed E-state index contributed by atoms with van der Waals surface area (Å²) in [6, 6.07) is 13.8. The summed E-state index contributed by atoms with van der Waals surface area (Å²) in [6.07, 6.45) is 0.900. The first-order valence-electron chi connectivity index (χ1n) is 8.96. The number of aryl methyl sites for hydroxylation is 3. The number of nitrogens with zero attached hydrogens (tertiary/aromatic N) is 1. The zero-order chi connectivity index (χ0) is 17.9. The van der Waals surface area contributed by atoms with Gasteiger partial charge >= 0.3 is 0 Å². The number of halogens is 2. The van der Waals surface area contributed by atoms with Crippen LogP contribution in [0.25, 0.3) is 0 Å². The van der Waals surface area contributed by atoms with E-state index >= 15 is 4.39 Å². The van der Waals surface area contributed by atoms with E-state index in [1.54, 1.807) is 0 Å². The number of nitrogens with one attached hydrogen (secondary N) is 1. The third kappa shape index (κ3) is 4.34. The molecule has 2 aromatic carbocycles. The van der Waals surface area contributed by atoms with Gasteiger partial charge in [0, 0.05) is 43.9 Å². The van der Waals surface area contributed by atoms with Crippen LogP contribution in [0, 0.1) is 13.8 Å². The lowest BCUT2D eigenvalue weighted by Gasteiger charge is -2.31. The second-order valence-corrected chi connectivity index (χ2v) is 7.47. The highest BCUT2D eigenvalue weighted by Gasteiger charge is 2.29. The number of anilines is 1. The Balaban J connectivity index is 1.73.